The fourth-order valence-corrected chi connectivity index (χ4v) is 1.06. The minimum atomic E-state index is -4.89. The van der Waals surface area contributed by atoms with Gasteiger partial charge in [-0.1, -0.05) is 0 Å². The highest BCUT2D eigenvalue weighted by Crippen LogP contribution is 2.34. The van der Waals surface area contributed by atoms with Crippen molar-refractivity contribution in [3.8, 4) is 0 Å². The lowest BCUT2D eigenvalue weighted by atomic mass is 10.1. The highest BCUT2D eigenvalue weighted by atomic mass is 19.4. The van der Waals surface area contributed by atoms with E-state index in [9.17, 15) is 26.7 Å². The molecule has 16 heavy (non-hydrogen) atoms. The third-order valence-electron chi connectivity index (χ3n) is 1.73. The molecular formula is C8H5F5N2O. The predicted molar refractivity (Wildman–Crippen MR) is 44.0 cm³/mol. The van der Waals surface area contributed by atoms with Gasteiger partial charge in [-0.3, -0.25) is 4.79 Å². The summed E-state index contributed by atoms with van der Waals surface area (Å²) in [4.78, 5) is 13.1. The number of pyridine rings is 1. The standard InChI is InChI=1S/C8H5F5N2O/c9-7(10)3-1-4(14)6(8(11,12)13)15-5(3)2-16/h1-2,7H,14H2. The minimum Gasteiger partial charge on any atom is -0.397 e. The zero-order valence-electron chi connectivity index (χ0n) is 7.55. The Labute approximate surface area is 86.1 Å². The molecule has 0 amide bonds. The number of hydrogen-bond acceptors (Lipinski definition) is 3. The summed E-state index contributed by atoms with van der Waals surface area (Å²) in [6, 6.07) is 0.407. The van der Waals surface area contributed by atoms with E-state index in [0.717, 1.165) is 0 Å². The zero-order valence-corrected chi connectivity index (χ0v) is 7.55. The Kier molecular flexibility index (Phi) is 3.11. The first-order chi connectivity index (χ1) is 7.27. The maximum Gasteiger partial charge on any atom is 0.435 e. The number of nitrogen functional groups attached to an aromatic ring is 1. The van der Waals surface area contributed by atoms with Crippen LogP contribution in [0.5, 0.6) is 0 Å². The first-order valence-electron chi connectivity index (χ1n) is 3.88. The molecule has 1 aromatic heterocycles. The highest BCUT2D eigenvalue weighted by molar-refractivity contribution is 5.76. The van der Waals surface area contributed by atoms with Crippen molar-refractivity contribution >= 4 is 12.0 Å². The van der Waals surface area contributed by atoms with Crippen molar-refractivity contribution in [1.29, 1.82) is 0 Å². The van der Waals surface area contributed by atoms with Gasteiger partial charge in [0.25, 0.3) is 6.43 Å². The molecule has 0 bridgehead atoms. The van der Waals surface area contributed by atoms with E-state index in [0.29, 0.717) is 6.07 Å². The Morgan fingerprint density at radius 2 is 1.94 bits per heavy atom. The maximum atomic E-state index is 12.3. The van der Waals surface area contributed by atoms with Crippen molar-refractivity contribution in [2.24, 2.45) is 0 Å². The maximum absolute atomic E-state index is 12.3. The van der Waals surface area contributed by atoms with Crippen molar-refractivity contribution in [2.75, 3.05) is 5.73 Å². The fraction of sp³-hybridized carbons (Fsp3) is 0.250. The van der Waals surface area contributed by atoms with Gasteiger partial charge in [0.15, 0.2) is 12.0 Å². The quantitative estimate of drug-likeness (QED) is 0.638. The monoisotopic (exact) mass is 240 g/mol. The summed E-state index contributed by atoms with van der Waals surface area (Å²) < 4.78 is 61.3. The highest BCUT2D eigenvalue weighted by Gasteiger charge is 2.36. The topological polar surface area (TPSA) is 56.0 Å². The lowest BCUT2D eigenvalue weighted by Gasteiger charge is -2.11. The van der Waals surface area contributed by atoms with E-state index in [-0.39, 0.29) is 6.29 Å². The lowest BCUT2D eigenvalue weighted by Crippen LogP contribution is -2.14. The molecule has 0 aliphatic heterocycles. The van der Waals surface area contributed by atoms with Crippen LogP contribution in [-0.4, -0.2) is 11.3 Å². The molecule has 0 atom stereocenters. The van der Waals surface area contributed by atoms with E-state index < -0.39 is 35.2 Å². The molecule has 0 radical (unpaired) electrons. The number of aldehydes is 1. The molecule has 0 fully saturated rings. The van der Waals surface area contributed by atoms with Gasteiger partial charge in [-0.25, -0.2) is 13.8 Å². The number of halogens is 5. The van der Waals surface area contributed by atoms with Crippen molar-refractivity contribution < 1.29 is 26.7 Å². The van der Waals surface area contributed by atoms with E-state index in [1.54, 1.807) is 0 Å². The number of carbonyl (C=O) groups is 1. The number of rotatable bonds is 2. The molecule has 0 aliphatic rings. The van der Waals surface area contributed by atoms with Crippen LogP contribution >= 0.6 is 0 Å². The van der Waals surface area contributed by atoms with Crippen molar-refractivity contribution in [2.45, 2.75) is 12.6 Å². The van der Waals surface area contributed by atoms with Crippen LogP contribution in [0.3, 0.4) is 0 Å². The summed E-state index contributed by atoms with van der Waals surface area (Å²) in [6.45, 7) is 0. The second kappa shape index (κ2) is 4.03. The molecular weight excluding hydrogens is 235 g/mol. The van der Waals surface area contributed by atoms with Gasteiger partial charge in [-0.2, -0.15) is 13.2 Å². The van der Waals surface area contributed by atoms with Crippen LogP contribution in [0.1, 0.15) is 28.2 Å². The SMILES string of the molecule is Nc1cc(C(F)F)c(C=O)nc1C(F)(F)F. The Hall–Kier alpha value is -1.73. The molecule has 1 rings (SSSR count). The number of nitrogens with zero attached hydrogens (tertiary/aromatic N) is 1. The van der Waals surface area contributed by atoms with Gasteiger partial charge in [-0.05, 0) is 6.07 Å². The average Bonchev–Trinajstić information content (AvgIpc) is 2.15. The van der Waals surface area contributed by atoms with Crippen LogP contribution in [0.2, 0.25) is 0 Å². The van der Waals surface area contributed by atoms with Gasteiger partial charge < -0.3 is 5.73 Å². The number of carbonyl (C=O) groups excluding carboxylic acids is 1. The van der Waals surface area contributed by atoms with Gasteiger partial charge in [-0.15, -0.1) is 0 Å². The number of nitrogens with two attached hydrogens (primary N) is 1. The number of hydrogen-bond donors (Lipinski definition) is 1. The van der Waals surface area contributed by atoms with E-state index in [1.165, 1.54) is 0 Å². The van der Waals surface area contributed by atoms with E-state index >= 15 is 0 Å². The Balaban J connectivity index is 3.43. The number of anilines is 1. The van der Waals surface area contributed by atoms with Crippen LogP contribution < -0.4 is 5.73 Å². The molecule has 1 heterocycles. The summed E-state index contributed by atoms with van der Waals surface area (Å²) in [5.74, 6) is 0. The van der Waals surface area contributed by atoms with E-state index in [1.807, 2.05) is 0 Å². The molecule has 0 saturated carbocycles. The molecule has 0 aromatic carbocycles. The van der Waals surface area contributed by atoms with Gasteiger partial charge in [0, 0.05) is 5.56 Å². The largest absolute Gasteiger partial charge is 0.435 e. The zero-order chi connectivity index (χ0) is 12.5. The Morgan fingerprint density at radius 1 is 1.38 bits per heavy atom. The van der Waals surface area contributed by atoms with Crippen molar-refractivity contribution in [3.05, 3.63) is 23.0 Å². The van der Waals surface area contributed by atoms with Crippen molar-refractivity contribution in [1.82, 2.24) is 4.98 Å². The normalized spacial score (nSPS) is 11.9. The third-order valence-corrected chi connectivity index (χ3v) is 1.73. The second-order valence-corrected chi connectivity index (χ2v) is 2.82. The molecule has 0 unspecified atom stereocenters. The molecule has 1 aromatic rings. The number of aromatic nitrogens is 1. The van der Waals surface area contributed by atoms with Gasteiger partial charge >= 0.3 is 6.18 Å². The van der Waals surface area contributed by atoms with Gasteiger partial charge in [0.1, 0.15) is 5.69 Å². The summed E-state index contributed by atoms with van der Waals surface area (Å²) in [5, 5.41) is 0. The predicted octanol–water partition coefficient (Wildman–Crippen LogP) is 2.43. The van der Waals surface area contributed by atoms with Crippen LogP contribution in [-0.2, 0) is 6.18 Å². The first-order valence-corrected chi connectivity index (χ1v) is 3.88. The molecule has 2 N–H and O–H groups in total. The summed E-state index contributed by atoms with van der Waals surface area (Å²) >= 11 is 0. The Morgan fingerprint density at radius 3 is 2.31 bits per heavy atom. The molecule has 8 heteroatoms. The van der Waals surface area contributed by atoms with Crippen molar-refractivity contribution in [3.63, 3.8) is 0 Å². The van der Waals surface area contributed by atoms with Gasteiger partial charge in [0.2, 0.25) is 0 Å². The summed E-state index contributed by atoms with van der Waals surface area (Å²) in [5.41, 5.74) is 0.580. The molecule has 3 nitrogen and oxygen atoms in total. The second-order valence-electron chi connectivity index (χ2n) is 2.82. The van der Waals surface area contributed by atoms with E-state index in [4.69, 9.17) is 5.73 Å². The van der Waals surface area contributed by atoms with Crippen LogP contribution in [0.25, 0.3) is 0 Å². The van der Waals surface area contributed by atoms with Gasteiger partial charge in [0.05, 0.1) is 5.69 Å². The lowest BCUT2D eigenvalue weighted by molar-refractivity contribution is -0.140. The Bertz CT molecular complexity index is 416. The molecule has 88 valence electrons. The molecule has 0 aliphatic carbocycles. The summed E-state index contributed by atoms with van der Waals surface area (Å²) in [6.07, 6.45) is -8.17. The minimum absolute atomic E-state index is 0.170. The fourth-order valence-electron chi connectivity index (χ4n) is 1.06. The van der Waals surface area contributed by atoms with Crippen LogP contribution in [0.4, 0.5) is 27.6 Å². The van der Waals surface area contributed by atoms with Crippen LogP contribution in [0.15, 0.2) is 6.07 Å². The number of alkyl halides is 5. The summed E-state index contributed by atoms with van der Waals surface area (Å²) in [7, 11) is 0. The third kappa shape index (κ3) is 2.26. The molecule has 0 saturated heterocycles. The average molecular weight is 240 g/mol. The smallest absolute Gasteiger partial charge is 0.397 e. The van der Waals surface area contributed by atoms with E-state index in [2.05, 4.69) is 4.98 Å². The van der Waals surface area contributed by atoms with Crippen LogP contribution in [0, 0.1) is 0 Å². The molecule has 0 spiro atoms. The first kappa shape index (κ1) is 12.3.